The molecular weight excluding hydrogens is 374 g/mol. The quantitative estimate of drug-likeness (QED) is 0.599. The van der Waals surface area contributed by atoms with Crippen LogP contribution in [0.5, 0.6) is 0 Å². The number of rotatable bonds is 5. The average Bonchev–Trinajstić information content (AvgIpc) is 3.44. The van der Waals surface area contributed by atoms with E-state index in [9.17, 15) is 14.4 Å². The molecule has 0 aromatic heterocycles. The largest absolute Gasteiger partial charge is 0.340 e. The van der Waals surface area contributed by atoms with Crippen LogP contribution in [0.3, 0.4) is 0 Å². The minimum atomic E-state index is -0.752. The Kier molecular flexibility index (Phi) is 5.30. The lowest BCUT2D eigenvalue weighted by molar-refractivity contribution is -0.133. The number of amides is 2. The summed E-state index contributed by atoms with van der Waals surface area (Å²) in [6.45, 7) is 3.01. The number of nitrogens with one attached hydrogen (secondary N) is 1. The Balaban J connectivity index is 1.45. The Bertz CT molecular complexity index is 652. The molecule has 0 bridgehead atoms. The molecule has 1 N–H and O–H groups in total. The highest BCUT2D eigenvalue weighted by Gasteiger charge is 2.32. The predicted octanol–water partition coefficient (Wildman–Crippen LogP) is 1.05. The van der Waals surface area contributed by atoms with Crippen LogP contribution in [-0.4, -0.2) is 66.2 Å². The molecule has 2 amide bonds. The summed E-state index contributed by atoms with van der Waals surface area (Å²) < 4.78 is 0.728. The van der Waals surface area contributed by atoms with Crippen LogP contribution in [0.4, 0.5) is 0 Å². The zero-order chi connectivity index (χ0) is 17.1. The first-order valence-electron chi connectivity index (χ1n) is 8.14. The van der Waals surface area contributed by atoms with Crippen LogP contribution >= 0.6 is 15.9 Å². The number of halogens is 1. The Morgan fingerprint density at radius 2 is 1.83 bits per heavy atom. The van der Waals surface area contributed by atoms with Gasteiger partial charge in [-0.1, -0.05) is 28.1 Å². The zero-order valence-electron chi connectivity index (χ0n) is 13.3. The minimum absolute atomic E-state index is 0.137. The van der Waals surface area contributed by atoms with Gasteiger partial charge >= 0.3 is 0 Å². The molecule has 24 heavy (non-hydrogen) atoms. The van der Waals surface area contributed by atoms with Crippen molar-refractivity contribution in [3.05, 3.63) is 34.3 Å². The van der Waals surface area contributed by atoms with Gasteiger partial charge in [0.05, 0.1) is 6.54 Å². The van der Waals surface area contributed by atoms with E-state index in [1.165, 1.54) is 12.8 Å². The van der Waals surface area contributed by atoms with E-state index in [2.05, 4.69) is 26.1 Å². The van der Waals surface area contributed by atoms with Crippen molar-refractivity contribution in [1.82, 2.24) is 15.1 Å². The molecule has 0 atom stereocenters. The smallest absolute Gasteiger partial charge is 0.292 e. The average molecular weight is 394 g/mol. The molecule has 1 aromatic rings. The topological polar surface area (TPSA) is 69.7 Å². The van der Waals surface area contributed by atoms with Crippen LogP contribution in [0.1, 0.15) is 23.2 Å². The summed E-state index contributed by atoms with van der Waals surface area (Å²) in [6, 6.07) is 7.34. The second kappa shape index (κ2) is 7.44. The lowest BCUT2D eigenvalue weighted by atomic mass is 10.1. The van der Waals surface area contributed by atoms with Gasteiger partial charge in [0, 0.05) is 42.3 Å². The predicted molar refractivity (Wildman–Crippen MR) is 92.7 cm³/mol. The molecule has 1 saturated carbocycles. The maximum Gasteiger partial charge on any atom is 0.292 e. The van der Waals surface area contributed by atoms with Gasteiger partial charge in [-0.3, -0.25) is 19.3 Å². The van der Waals surface area contributed by atoms with Gasteiger partial charge in [-0.2, -0.15) is 0 Å². The lowest BCUT2D eigenvalue weighted by Crippen LogP contribution is -2.52. The first-order chi connectivity index (χ1) is 11.5. The summed E-state index contributed by atoms with van der Waals surface area (Å²) in [4.78, 5) is 40.3. The second-order valence-corrected chi connectivity index (χ2v) is 7.09. The maximum atomic E-state index is 12.2. The number of carbonyl (C=O) groups is 3. The van der Waals surface area contributed by atoms with Crippen molar-refractivity contribution in [3.63, 3.8) is 0 Å². The second-order valence-electron chi connectivity index (χ2n) is 6.17. The lowest BCUT2D eigenvalue weighted by Gasteiger charge is -2.34. The van der Waals surface area contributed by atoms with Crippen LogP contribution in [0.25, 0.3) is 0 Å². The summed E-state index contributed by atoms with van der Waals surface area (Å²) in [7, 11) is 0. The van der Waals surface area contributed by atoms with Gasteiger partial charge in [0.25, 0.3) is 5.91 Å². The first-order valence-corrected chi connectivity index (χ1v) is 8.94. The molecule has 3 rings (SSSR count). The van der Waals surface area contributed by atoms with Gasteiger partial charge in [-0.05, 0) is 25.0 Å². The number of Topliss-reactive ketones (excluding diaryl/α,β-unsaturated/α-hetero) is 1. The van der Waals surface area contributed by atoms with Gasteiger partial charge in [-0.15, -0.1) is 0 Å². The number of piperazine rings is 1. The fraction of sp³-hybridized carbons (Fsp3) is 0.471. The van der Waals surface area contributed by atoms with Crippen LogP contribution in [0, 0.1) is 0 Å². The molecule has 2 fully saturated rings. The highest BCUT2D eigenvalue weighted by Crippen LogP contribution is 2.27. The monoisotopic (exact) mass is 393 g/mol. The van der Waals surface area contributed by atoms with E-state index in [4.69, 9.17) is 0 Å². The summed E-state index contributed by atoms with van der Waals surface area (Å²) in [5.74, 6) is -1.53. The molecule has 1 aliphatic heterocycles. The number of ketones is 1. The van der Waals surface area contributed by atoms with Gasteiger partial charge in [0.1, 0.15) is 0 Å². The van der Waals surface area contributed by atoms with Crippen LogP contribution in [0.2, 0.25) is 0 Å². The van der Waals surface area contributed by atoms with Crippen molar-refractivity contribution in [2.45, 2.75) is 18.9 Å². The Morgan fingerprint density at radius 3 is 2.46 bits per heavy atom. The number of hydrogen-bond donors (Lipinski definition) is 1. The van der Waals surface area contributed by atoms with E-state index in [0.717, 1.165) is 17.6 Å². The van der Waals surface area contributed by atoms with Gasteiger partial charge < -0.3 is 10.2 Å². The number of carbonyl (C=O) groups excluding carboxylic acids is 3. The fourth-order valence-electron chi connectivity index (χ4n) is 2.88. The van der Waals surface area contributed by atoms with Crippen LogP contribution < -0.4 is 5.32 Å². The van der Waals surface area contributed by atoms with Gasteiger partial charge in [0.15, 0.2) is 0 Å². The summed E-state index contributed by atoms with van der Waals surface area (Å²) in [6.07, 6.45) is 2.53. The van der Waals surface area contributed by atoms with Crippen molar-refractivity contribution >= 4 is 33.5 Å². The fourth-order valence-corrected chi connectivity index (χ4v) is 3.28. The highest BCUT2D eigenvalue weighted by atomic mass is 79.9. The third kappa shape index (κ3) is 4.21. The maximum absolute atomic E-state index is 12.2. The first kappa shape index (κ1) is 17.1. The van der Waals surface area contributed by atoms with Crippen LogP contribution in [0.15, 0.2) is 28.7 Å². The molecule has 0 spiro atoms. The number of benzene rings is 1. The van der Waals surface area contributed by atoms with Crippen molar-refractivity contribution < 1.29 is 14.4 Å². The van der Waals surface area contributed by atoms with E-state index in [0.29, 0.717) is 24.7 Å². The normalized spacial score (nSPS) is 18.3. The van der Waals surface area contributed by atoms with Gasteiger partial charge in [0.2, 0.25) is 11.7 Å². The molecule has 6 nitrogen and oxygen atoms in total. The third-order valence-electron chi connectivity index (χ3n) is 4.42. The Hall–Kier alpha value is -1.73. The molecule has 2 aliphatic rings. The highest BCUT2D eigenvalue weighted by molar-refractivity contribution is 9.10. The minimum Gasteiger partial charge on any atom is -0.340 e. The van der Waals surface area contributed by atoms with E-state index >= 15 is 0 Å². The van der Waals surface area contributed by atoms with Crippen molar-refractivity contribution in [2.75, 3.05) is 32.7 Å². The molecule has 0 unspecified atom stereocenters. The molecule has 1 heterocycles. The van der Waals surface area contributed by atoms with Gasteiger partial charge in [-0.25, -0.2) is 0 Å². The Labute approximate surface area is 149 Å². The van der Waals surface area contributed by atoms with Crippen molar-refractivity contribution in [2.24, 2.45) is 0 Å². The molecule has 1 saturated heterocycles. The van der Waals surface area contributed by atoms with E-state index in [1.807, 2.05) is 0 Å². The molecule has 0 radical (unpaired) electrons. The van der Waals surface area contributed by atoms with Crippen molar-refractivity contribution in [1.29, 1.82) is 0 Å². The van der Waals surface area contributed by atoms with Crippen LogP contribution in [-0.2, 0) is 9.59 Å². The molecule has 1 aliphatic carbocycles. The molecule has 1 aromatic carbocycles. The molecular formula is C17H20BrN3O3. The Morgan fingerprint density at radius 1 is 1.12 bits per heavy atom. The van der Waals surface area contributed by atoms with Crippen molar-refractivity contribution in [3.8, 4) is 0 Å². The summed E-state index contributed by atoms with van der Waals surface area (Å²) >= 11 is 3.26. The van der Waals surface area contributed by atoms with E-state index < -0.39 is 11.7 Å². The number of nitrogens with zero attached hydrogens (tertiary/aromatic N) is 2. The molecule has 7 heteroatoms. The zero-order valence-corrected chi connectivity index (χ0v) is 14.9. The SMILES string of the molecule is O=C(NCC(=O)N1CCN(C2CC2)CC1)C(=O)c1cccc(Br)c1. The third-order valence-corrected chi connectivity index (χ3v) is 4.92. The summed E-state index contributed by atoms with van der Waals surface area (Å²) in [5.41, 5.74) is 0.298. The van der Waals surface area contributed by atoms with E-state index in [-0.39, 0.29) is 12.5 Å². The number of hydrogen-bond acceptors (Lipinski definition) is 4. The summed E-state index contributed by atoms with van der Waals surface area (Å²) in [5, 5.41) is 2.44. The van der Waals surface area contributed by atoms with E-state index in [1.54, 1.807) is 29.2 Å². The molecule has 128 valence electrons. The standard InChI is InChI=1S/C17H20BrN3O3/c18-13-3-1-2-12(10-13)16(23)17(24)19-11-15(22)21-8-6-20(7-9-21)14-4-5-14/h1-3,10,14H,4-9,11H2,(H,19,24).